The second-order valence-corrected chi connectivity index (χ2v) is 7.68. The number of aliphatic carboxylic acids is 2. The third kappa shape index (κ3) is 6.75. The highest BCUT2D eigenvalue weighted by Gasteiger charge is 2.21. The molecule has 1 heterocycles. The Bertz CT molecular complexity index is 844. The van der Waals surface area contributed by atoms with Crippen LogP contribution in [0.1, 0.15) is 42.5 Å². The third-order valence-corrected chi connectivity index (χ3v) is 5.53. The zero-order valence-electron chi connectivity index (χ0n) is 17.4. The van der Waals surface area contributed by atoms with Crippen molar-refractivity contribution in [2.45, 2.75) is 38.6 Å². The Morgan fingerprint density at radius 2 is 1.63 bits per heavy atom. The minimum absolute atomic E-state index is 0.293. The lowest BCUT2D eigenvalue weighted by atomic mass is 9.98. The summed E-state index contributed by atoms with van der Waals surface area (Å²) < 4.78 is 0. The summed E-state index contributed by atoms with van der Waals surface area (Å²) in [5.41, 5.74) is 5.34. The van der Waals surface area contributed by atoms with Gasteiger partial charge in [0.25, 0.3) is 0 Å². The second-order valence-electron chi connectivity index (χ2n) is 7.27. The number of carboxylic acid groups (broad SMARTS) is 2. The Labute approximate surface area is 182 Å². The van der Waals surface area contributed by atoms with E-state index in [-0.39, 0.29) is 12.8 Å². The average molecular weight is 433 g/mol. The molecule has 2 aromatic rings. The van der Waals surface area contributed by atoms with Gasteiger partial charge in [-0.2, -0.15) is 0 Å². The van der Waals surface area contributed by atoms with Crippen LogP contribution in [0, 0.1) is 0 Å². The summed E-state index contributed by atoms with van der Waals surface area (Å²) in [5.74, 6) is -2.15. The third-order valence-electron chi connectivity index (χ3n) is 5.22. The van der Waals surface area contributed by atoms with Crippen molar-refractivity contribution in [3.8, 4) is 0 Å². The molecule has 1 aliphatic heterocycles. The number of anilines is 1. The average Bonchev–Trinajstić information content (AvgIpc) is 2.98. The maximum Gasteiger partial charge on any atom is 0.303 e. The number of halogens is 1. The number of rotatable bonds is 6. The van der Waals surface area contributed by atoms with Crippen molar-refractivity contribution in [3.05, 3.63) is 64.2 Å². The molecule has 2 aromatic carbocycles. The molecule has 0 bridgehead atoms. The van der Waals surface area contributed by atoms with Gasteiger partial charge in [0.2, 0.25) is 0 Å². The fourth-order valence-corrected chi connectivity index (χ4v) is 3.78. The van der Waals surface area contributed by atoms with Gasteiger partial charge >= 0.3 is 11.9 Å². The summed E-state index contributed by atoms with van der Waals surface area (Å²) >= 11 is 6.58. The molecule has 1 atom stereocenters. The summed E-state index contributed by atoms with van der Waals surface area (Å²) in [4.78, 5) is 21.6. The lowest BCUT2D eigenvalue weighted by Crippen LogP contribution is -2.24. The molecule has 1 unspecified atom stereocenters. The molecule has 0 aromatic heterocycles. The van der Waals surface area contributed by atoms with Crippen LogP contribution in [0.25, 0.3) is 0 Å². The van der Waals surface area contributed by atoms with Gasteiger partial charge in [-0.3, -0.25) is 9.59 Å². The van der Waals surface area contributed by atoms with E-state index in [4.69, 9.17) is 21.8 Å². The molecule has 0 radical (unpaired) electrons. The molecule has 0 saturated carbocycles. The number of hydrogen-bond acceptors (Lipinski definition) is 4. The van der Waals surface area contributed by atoms with Gasteiger partial charge in [-0.25, -0.2) is 0 Å². The fourth-order valence-electron chi connectivity index (χ4n) is 3.47. The van der Waals surface area contributed by atoms with Gasteiger partial charge in [-0.1, -0.05) is 48.0 Å². The van der Waals surface area contributed by atoms with E-state index >= 15 is 0 Å². The molecule has 0 fully saturated rings. The van der Waals surface area contributed by atoms with Gasteiger partial charge in [0.05, 0.1) is 29.6 Å². The molecule has 1 aliphatic rings. The van der Waals surface area contributed by atoms with Gasteiger partial charge in [-0.15, -0.1) is 0 Å². The first kappa shape index (κ1) is 23.7. The highest BCUT2D eigenvalue weighted by Crippen LogP contribution is 2.37. The van der Waals surface area contributed by atoms with Gasteiger partial charge in [-0.05, 0) is 55.6 Å². The Morgan fingerprint density at radius 1 is 1.03 bits per heavy atom. The molecular weight excluding hydrogens is 404 g/mol. The number of nitrogens with one attached hydrogen (secondary N) is 1. The van der Waals surface area contributed by atoms with Crippen LogP contribution in [0.2, 0.25) is 5.02 Å². The maximum absolute atomic E-state index is 9.64. The smallest absolute Gasteiger partial charge is 0.303 e. The van der Waals surface area contributed by atoms with Crippen molar-refractivity contribution in [3.63, 3.8) is 0 Å². The predicted molar refractivity (Wildman–Crippen MR) is 119 cm³/mol. The zero-order chi connectivity index (χ0) is 22.1. The van der Waals surface area contributed by atoms with Crippen LogP contribution >= 0.6 is 11.6 Å². The highest BCUT2D eigenvalue weighted by atomic mass is 35.5. The number of benzene rings is 2. The first-order valence-electron chi connectivity index (χ1n) is 10.0. The van der Waals surface area contributed by atoms with E-state index < -0.39 is 11.9 Å². The quantitative estimate of drug-likeness (QED) is 0.635. The molecule has 0 spiro atoms. The van der Waals surface area contributed by atoms with E-state index in [1.807, 2.05) is 0 Å². The number of fused-ring (bicyclic) bond motifs is 1. The maximum atomic E-state index is 9.64. The van der Waals surface area contributed by atoms with Gasteiger partial charge in [0.1, 0.15) is 0 Å². The number of nitrogens with zero attached hydrogens (tertiary/aromatic N) is 1. The molecule has 0 saturated heterocycles. The minimum atomic E-state index is -1.08. The minimum Gasteiger partial charge on any atom is -0.481 e. The van der Waals surface area contributed by atoms with E-state index in [0.29, 0.717) is 6.04 Å². The van der Waals surface area contributed by atoms with Gasteiger partial charge in [0, 0.05) is 7.05 Å². The summed E-state index contributed by atoms with van der Waals surface area (Å²) in [5, 5.41) is 20.1. The van der Waals surface area contributed by atoms with Crippen molar-refractivity contribution in [1.82, 2.24) is 5.32 Å². The number of hydrogen-bond donors (Lipinski definition) is 3. The molecule has 0 amide bonds. The SMILES string of the molecule is CC(c1ccccc1)N(C)c1c(Cl)ccc2c1CCNCC2.O=C(O)CCC(=O)O. The summed E-state index contributed by atoms with van der Waals surface area (Å²) in [6.07, 6.45) is 1.52. The Kier molecular flexibility index (Phi) is 9.15. The number of carbonyl (C=O) groups is 2. The lowest BCUT2D eigenvalue weighted by Gasteiger charge is -2.31. The Balaban J connectivity index is 0.000000343. The molecule has 30 heavy (non-hydrogen) atoms. The summed E-state index contributed by atoms with van der Waals surface area (Å²) in [6.45, 7) is 4.31. The van der Waals surface area contributed by atoms with Crippen LogP contribution < -0.4 is 10.2 Å². The molecular formula is C23H29ClN2O4. The fraction of sp³-hybridized carbons (Fsp3) is 0.391. The number of carboxylic acids is 2. The molecule has 162 valence electrons. The standard InChI is InChI=1S/C19H23ClN2.C4H6O4/c1-14(15-6-4-3-5-7-15)22(2)19-17-11-13-21-12-10-16(17)8-9-18(19)20;5-3(6)1-2-4(7)8/h3-9,14,21H,10-13H2,1-2H3;1-2H2,(H,5,6)(H,7,8). The van der Waals surface area contributed by atoms with Crippen molar-refractivity contribution in [1.29, 1.82) is 0 Å². The van der Waals surface area contributed by atoms with Gasteiger partial charge < -0.3 is 20.4 Å². The van der Waals surface area contributed by atoms with Crippen molar-refractivity contribution < 1.29 is 19.8 Å². The van der Waals surface area contributed by atoms with Crippen LogP contribution in [0.4, 0.5) is 5.69 Å². The molecule has 0 aliphatic carbocycles. The lowest BCUT2D eigenvalue weighted by molar-refractivity contribution is -0.143. The topological polar surface area (TPSA) is 89.9 Å². The van der Waals surface area contributed by atoms with E-state index in [9.17, 15) is 9.59 Å². The van der Waals surface area contributed by atoms with E-state index in [2.05, 4.69) is 66.7 Å². The van der Waals surface area contributed by atoms with Gasteiger partial charge in [0.15, 0.2) is 0 Å². The first-order chi connectivity index (χ1) is 14.3. The summed E-state index contributed by atoms with van der Waals surface area (Å²) in [7, 11) is 2.15. The van der Waals surface area contributed by atoms with E-state index in [1.165, 1.54) is 22.4 Å². The van der Waals surface area contributed by atoms with Crippen LogP contribution in [-0.2, 0) is 22.4 Å². The van der Waals surface area contributed by atoms with E-state index in [1.54, 1.807) is 0 Å². The molecule has 6 nitrogen and oxygen atoms in total. The Hall–Kier alpha value is -2.57. The zero-order valence-corrected chi connectivity index (χ0v) is 18.2. The highest BCUT2D eigenvalue weighted by molar-refractivity contribution is 6.33. The molecule has 7 heteroatoms. The second kappa shape index (κ2) is 11.6. The molecule has 3 N–H and O–H groups in total. The van der Waals surface area contributed by atoms with Crippen molar-refractivity contribution in [2.24, 2.45) is 0 Å². The van der Waals surface area contributed by atoms with Crippen LogP contribution in [0.3, 0.4) is 0 Å². The van der Waals surface area contributed by atoms with Crippen molar-refractivity contribution in [2.75, 3.05) is 25.0 Å². The predicted octanol–water partition coefficient (Wildman–Crippen LogP) is 4.16. The normalized spacial score (nSPS) is 13.8. The van der Waals surface area contributed by atoms with Crippen molar-refractivity contribution >= 4 is 29.2 Å². The largest absolute Gasteiger partial charge is 0.481 e. The molecule has 3 rings (SSSR count). The monoisotopic (exact) mass is 432 g/mol. The van der Waals surface area contributed by atoms with Crippen LogP contribution in [-0.4, -0.2) is 42.3 Å². The van der Waals surface area contributed by atoms with E-state index in [0.717, 1.165) is 31.0 Å². The summed E-state index contributed by atoms with van der Waals surface area (Å²) in [6, 6.07) is 15.1. The first-order valence-corrected chi connectivity index (χ1v) is 10.4. The van der Waals surface area contributed by atoms with Crippen LogP contribution in [0.5, 0.6) is 0 Å². The van der Waals surface area contributed by atoms with Crippen LogP contribution in [0.15, 0.2) is 42.5 Å². The Morgan fingerprint density at radius 3 is 2.23 bits per heavy atom.